The Hall–Kier alpha value is -2.43. The number of hydrogen-bond acceptors (Lipinski definition) is 4. The zero-order valence-corrected chi connectivity index (χ0v) is 12.4. The van der Waals surface area contributed by atoms with Gasteiger partial charge in [-0.05, 0) is 23.8 Å². The normalized spacial score (nSPS) is 11.9. The molecule has 2 heterocycles. The third kappa shape index (κ3) is 3.24. The average molecular weight is 312 g/mol. The van der Waals surface area contributed by atoms with Gasteiger partial charge >= 0.3 is 0 Å². The highest BCUT2D eigenvalue weighted by molar-refractivity contribution is 6.29. The Morgan fingerprint density at radius 1 is 1.05 bits per heavy atom. The van der Waals surface area contributed by atoms with Crippen molar-refractivity contribution in [2.24, 2.45) is 0 Å². The fourth-order valence-electron chi connectivity index (χ4n) is 2.20. The van der Waals surface area contributed by atoms with Gasteiger partial charge in [-0.25, -0.2) is 4.98 Å². The lowest BCUT2D eigenvalue weighted by molar-refractivity contribution is 0.208. The molecule has 110 valence electrons. The van der Waals surface area contributed by atoms with Crippen LogP contribution < -0.4 is 5.32 Å². The Morgan fingerprint density at radius 3 is 2.64 bits per heavy atom. The van der Waals surface area contributed by atoms with Crippen molar-refractivity contribution in [3.63, 3.8) is 0 Å². The van der Waals surface area contributed by atoms with Gasteiger partial charge in [0.1, 0.15) is 5.15 Å². The molecule has 0 aliphatic heterocycles. The molecule has 0 bridgehead atoms. The molecule has 3 rings (SSSR count). The second kappa shape index (κ2) is 6.56. The van der Waals surface area contributed by atoms with E-state index in [-0.39, 0.29) is 0 Å². The summed E-state index contributed by atoms with van der Waals surface area (Å²) in [4.78, 5) is 8.03. The van der Waals surface area contributed by atoms with Gasteiger partial charge in [0, 0.05) is 23.5 Å². The van der Waals surface area contributed by atoms with Crippen LogP contribution in [0.3, 0.4) is 0 Å². The summed E-state index contributed by atoms with van der Waals surface area (Å²) in [6.45, 7) is 0. The second-order valence-corrected chi connectivity index (χ2v) is 5.13. The van der Waals surface area contributed by atoms with Crippen molar-refractivity contribution in [1.82, 2.24) is 9.97 Å². The Morgan fingerprint density at radius 2 is 1.86 bits per heavy atom. The van der Waals surface area contributed by atoms with Crippen molar-refractivity contribution in [1.29, 1.82) is 0 Å². The molecule has 0 fully saturated rings. The molecule has 2 N–H and O–H groups in total. The van der Waals surface area contributed by atoms with Crippen molar-refractivity contribution >= 4 is 17.3 Å². The molecule has 3 aromatic rings. The number of pyridine rings is 2. The summed E-state index contributed by atoms with van der Waals surface area (Å²) in [5, 5.41) is 13.7. The van der Waals surface area contributed by atoms with Crippen LogP contribution in [0, 0.1) is 0 Å². The number of benzene rings is 1. The Labute approximate surface area is 133 Å². The summed E-state index contributed by atoms with van der Waals surface area (Å²) >= 11 is 5.86. The van der Waals surface area contributed by atoms with E-state index in [0.717, 1.165) is 16.8 Å². The van der Waals surface area contributed by atoms with Crippen LogP contribution in [0.25, 0.3) is 11.1 Å². The maximum Gasteiger partial charge on any atom is 0.151 e. The van der Waals surface area contributed by atoms with Gasteiger partial charge in [-0.1, -0.05) is 41.9 Å². The minimum Gasteiger partial charge on any atom is -0.369 e. The topological polar surface area (TPSA) is 58.0 Å². The molecule has 1 aromatic carbocycles. The summed E-state index contributed by atoms with van der Waals surface area (Å²) in [6, 6.07) is 15.2. The van der Waals surface area contributed by atoms with E-state index in [1.807, 2.05) is 36.4 Å². The zero-order chi connectivity index (χ0) is 15.4. The first-order valence-electron chi connectivity index (χ1n) is 6.79. The Bertz CT molecular complexity index is 765. The molecule has 4 nitrogen and oxygen atoms in total. The van der Waals surface area contributed by atoms with Crippen LogP contribution in [0.2, 0.25) is 5.15 Å². The monoisotopic (exact) mass is 311 g/mol. The van der Waals surface area contributed by atoms with Gasteiger partial charge in [0.25, 0.3) is 0 Å². The first kappa shape index (κ1) is 14.5. The number of aromatic nitrogens is 2. The Balaban J connectivity index is 1.90. The van der Waals surface area contributed by atoms with Gasteiger partial charge in [0.2, 0.25) is 0 Å². The number of nitrogens with zero attached hydrogens (tertiary/aromatic N) is 2. The number of nitrogens with one attached hydrogen (secondary N) is 1. The summed E-state index contributed by atoms with van der Waals surface area (Å²) in [5.41, 5.74) is 3.40. The van der Waals surface area contributed by atoms with E-state index >= 15 is 0 Å². The molecule has 1 unspecified atom stereocenters. The maximum absolute atomic E-state index is 10.3. The van der Waals surface area contributed by atoms with Crippen molar-refractivity contribution in [3.8, 4) is 11.1 Å². The molecule has 1 atom stereocenters. The van der Waals surface area contributed by atoms with Crippen LogP contribution in [0.5, 0.6) is 0 Å². The smallest absolute Gasteiger partial charge is 0.151 e. The number of aliphatic hydroxyl groups is 1. The minimum absolute atomic E-state index is 0.341. The summed E-state index contributed by atoms with van der Waals surface area (Å²) in [5.74, 6) is 0. The van der Waals surface area contributed by atoms with E-state index in [1.165, 1.54) is 0 Å². The van der Waals surface area contributed by atoms with Gasteiger partial charge in [-0.3, -0.25) is 4.98 Å². The lowest BCUT2D eigenvalue weighted by atomic mass is 10.1. The van der Waals surface area contributed by atoms with Gasteiger partial charge in [0.15, 0.2) is 6.23 Å². The molecule has 0 saturated carbocycles. The predicted octanol–water partition coefficient (Wildman–Crippen LogP) is 3.90. The molecule has 0 aliphatic rings. The van der Waals surface area contributed by atoms with Crippen LogP contribution in [0.15, 0.2) is 67.1 Å². The number of rotatable bonds is 4. The molecule has 0 radical (unpaired) electrons. The molecule has 0 spiro atoms. The fraction of sp³-hybridized carbons (Fsp3) is 0.0588. The van der Waals surface area contributed by atoms with Crippen LogP contribution in [0.1, 0.15) is 11.8 Å². The summed E-state index contributed by atoms with van der Waals surface area (Å²) < 4.78 is 0. The SMILES string of the molecule is OC(Nc1cnccc1-c1ccccc1)c1ccnc(Cl)c1. The van der Waals surface area contributed by atoms with E-state index in [2.05, 4.69) is 15.3 Å². The van der Waals surface area contributed by atoms with E-state index < -0.39 is 6.23 Å². The standard InChI is InChI=1S/C17H14ClN3O/c18-16-10-13(6-9-20-16)17(22)21-15-11-19-8-7-14(15)12-4-2-1-3-5-12/h1-11,17,21-22H. The zero-order valence-electron chi connectivity index (χ0n) is 11.6. The van der Waals surface area contributed by atoms with Gasteiger partial charge in [-0.2, -0.15) is 0 Å². The Kier molecular flexibility index (Phi) is 4.32. The summed E-state index contributed by atoms with van der Waals surface area (Å²) in [7, 11) is 0. The maximum atomic E-state index is 10.3. The molecular formula is C17H14ClN3O. The highest BCUT2D eigenvalue weighted by Crippen LogP contribution is 2.29. The molecule has 0 aliphatic carbocycles. The highest BCUT2D eigenvalue weighted by atomic mass is 35.5. The average Bonchev–Trinajstić information content (AvgIpc) is 2.56. The van der Waals surface area contributed by atoms with Crippen molar-refractivity contribution in [2.75, 3.05) is 5.32 Å². The molecule has 5 heteroatoms. The quantitative estimate of drug-likeness (QED) is 0.567. The van der Waals surface area contributed by atoms with E-state index in [1.54, 1.807) is 30.7 Å². The van der Waals surface area contributed by atoms with Crippen LogP contribution in [0.4, 0.5) is 5.69 Å². The highest BCUT2D eigenvalue weighted by Gasteiger charge is 2.11. The fourth-order valence-corrected chi connectivity index (χ4v) is 2.38. The van der Waals surface area contributed by atoms with Gasteiger partial charge in [-0.15, -0.1) is 0 Å². The molecule has 0 saturated heterocycles. The third-order valence-corrected chi connectivity index (χ3v) is 3.47. The van der Waals surface area contributed by atoms with Crippen LogP contribution in [-0.2, 0) is 0 Å². The van der Waals surface area contributed by atoms with E-state index in [9.17, 15) is 5.11 Å². The van der Waals surface area contributed by atoms with Gasteiger partial charge in [0.05, 0.1) is 11.9 Å². The lowest BCUT2D eigenvalue weighted by Crippen LogP contribution is -2.10. The van der Waals surface area contributed by atoms with Crippen molar-refractivity contribution < 1.29 is 5.11 Å². The predicted molar refractivity (Wildman–Crippen MR) is 87.5 cm³/mol. The second-order valence-electron chi connectivity index (χ2n) is 4.75. The number of aliphatic hydroxyl groups excluding tert-OH is 1. The van der Waals surface area contributed by atoms with Crippen molar-refractivity contribution in [2.45, 2.75) is 6.23 Å². The van der Waals surface area contributed by atoms with E-state index in [4.69, 9.17) is 11.6 Å². The minimum atomic E-state index is -0.896. The third-order valence-electron chi connectivity index (χ3n) is 3.26. The van der Waals surface area contributed by atoms with Gasteiger partial charge < -0.3 is 10.4 Å². The molecule has 2 aromatic heterocycles. The molecular weight excluding hydrogens is 298 g/mol. The van der Waals surface area contributed by atoms with Crippen molar-refractivity contribution in [3.05, 3.63) is 77.8 Å². The first-order valence-corrected chi connectivity index (χ1v) is 7.17. The van der Waals surface area contributed by atoms with Crippen LogP contribution >= 0.6 is 11.6 Å². The molecule has 22 heavy (non-hydrogen) atoms. The number of anilines is 1. The lowest BCUT2D eigenvalue weighted by Gasteiger charge is -2.17. The molecule has 0 amide bonds. The number of halogens is 1. The largest absolute Gasteiger partial charge is 0.369 e. The summed E-state index contributed by atoms with van der Waals surface area (Å²) in [6.07, 6.45) is 4.08. The first-order chi connectivity index (χ1) is 10.7. The van der Waals surface area contributed by atoms with Crippen LogP contribution in [-0.4, -0.2) is 15.1 Å². The van der Waals surface area contributed by atoms with E-state index in [0.29, 0.717) is 10.7 Å². The number of hydrogen-bond donors (Lipinski definition) is 2.